The van der Waals surface area contributed by atoms with Crippen LogP contribution in [0.4, 0.5) is 13.2 Å². The van der Waals surface area contributed by atoms with Crippen molar-refractivity contribution in [2.45, 2.75) is 30.0 Å². The minimum absolute atomic E-state index is 0.118. The van der Waals surface area contributed by atoms with Crippen molar-refractivity contribution >= 4 is 20.0 Å². The number of halogens is 3. The van der Waals surface area contributed by atoms with E-state index in [1.54, 1.807) is 0 Å². The van der Waals surface area contributed by atoms with Gasteiger partial charge in [0.1, 0.15) is 0 Å². The van der Waals surface area contributed by atoms with E-state index in [2.05, 4.69) is 4.72 Å². The van der Waals surface area contributed by atoms with Gasteiger partial charge in [0, 0.05) is 19.1 Å². The van der Waals surface area contributed by atoms with Crippen LogP contribution in [0.1, 0.15) is 18.4 Å². The molecule has 0 atom stereocenters. The van der Waals surface area contributed by atoms with Gasteiger partial charge in [0.2, 0.25) is 20.0 Å². The van der Waals surface area contributed by atoms with Crippen molar-refractivity contribution in [2.24, 2.45) is 0 Å². The summed E-state index contributed by atoms with van der Waals surface area (Å²) >= 11 is 0. The Labute approximate surface area is 138 Å². The highest BCUT2D eigenvalue weighted by atomic mass is 32.2. The van der Waals surface area contributed by atoms with Crippen LogP contribution in [0.3, 0.4) is 0 Å². The Morgan fingerprint density at radius 3 is 2.12 bits per heavy atom. The summed E-state index contributed by atoms with van der Waals surface area (Å²) in [5.41, 5.74) is -1.23. The van der Waals surface area contributed by atoms with Gasteiger partial charge in [-0.3, -0.25) is 0 Å². The first kappa shape index (κ1) is 19.2. The molecule has 0 saturated carbocycles. The zero-order valence-corrected chi connectivity index (χ0v) is 14.4. The van der Waals surface area contributed by atoms with Gasteiger partial charge in [-0.05, 0) is 25.0 Å². The second-order valence-electron chi connectivity index (χ2n) is 5.55. The van der Waals surface area contributed by atoms with Gasteiger partial charge in [-0.25, -0.2) is 25.9 Å². The highest BCUT2D eigenvalue weighted by Crippen LogP contribution is 2.34. The van der Waals surface area contributed by atoms with E-state index in [0.717, 1.165) is 18.4 Å². The largest absolute Gasteiger partial charge is 0.417 e. The zero-order chi connectivity index (χ0) is 18.2. The summed E-state index contributed by atoms with van der Waals surface area (Å²) in [4.78, 5) is -0.831. The van der Waals surface area contributed by atoms with Crippen LogP contribution in [-0.2, 0) is 26.2 Å². The van der Waals surface area contributed by atoms with Crippen molar-refractivity contribution in [1.82, 2.24) is 9.03 Å². The SMILES string of the molecule is CS(=O)(=O)N1CCC(NS(=O)(=O)c2ccccc2C(F)(F)F)CC1. The van der Waals surface area contributed by atoms with E-state index in [-0.39, 0.29) is 25.9 Å². The molecule has 0 unspecified atom stereocenters. The summed E-state index contributed by atoms with van der Waals surface area (Å²) in [6.45, 7) is 0.236. The average Bonchev–Trinajstić information content (AvgIpc) is 2.45. The van der Waals surface area contributed by atoms with Crippen LogP contribution in [0.5, 0.6) is 0 Å². The number of hydrogen-bond acceptors (Lipinski definition) is 4. The fourth-order valence-electron chi connectivity index (χ4n) is 2.52. The third-order valence-corrected chi connectivity index (χ3v) is 6.61. The molecule has 136 valence electrons. The maximum Gasteiger partial charge on any atom is 0.417 e. The fraction of sp³-hybridized carbons (Fsp3) is 0.538. The molecular weight excluding hydrogens is 369 g/mol. The second kappa shape index (κ2) is 6.62. The third kappa shape index (κ3) is 4.47. The first-order valence-corrected chi connectivity index (χ1v) is 10.4. The minimum atomic E-state index is -4.79. The Bertz CT molecular complexity index is 799. The monoisotopic (exact) mass is 386 g/mol. The Morgan fingerprint density at radius 2 is 1.62 bits per heavy atom. The molecule has 0 radical (unpaired) electrons. The predicted octanol–water partition coefficient (Wildman–Crippen LogP) is 1.41. The van der Waals surface area contributed by atoms with Crippen molar-refractivity contribution in [2.75, 3.05) is 19.3 Å². The van der Waals surface area contributed by atoms with Crippen LogP contribution < -0.4 is 4.72 Å². The molecule has 1 fully saturated rings. The third-order valence-electron chi connectivity index (χ3n) is 3.73. The van der Waals surface area contributed by atoms with Crippen LogP contribution in [0, 0.1) is 0 Å². The number of alkyl halides is 3. The van der Waals surface area contributed by atoms with Gasteiger partial charge in [0.15, 0.2) is 0 Å². The normalized spacial score (nSPS) is 18.7. The van der Waals surface area contributed by atoms with Gasteiger partial charge < -0.3 is 0 Å². The molecule has 0 aromatic heterocycles. The number of sulfonamides is 2. The second-order valence-corrected chi connectivity index (χ2v) is 9.22. The quantitative estimate of drug-likeness (QED) is 0.848. The number of nitrogens with zero attached hydrogens (tertiary/aromatic N) is 1. The lowest BCUT2D eigenvalue weighted by atomic mass is 10.1. The summed E-state index contributed by atoms with van der Waals surface area (Å²) in [5, 5.41) is 0. The van der Waals surface area contributed by atoms with Crippen LogP contribution in [-0.4, -0.2) is 46.5 Å². The van der Waals surface area contributed by atoms with Crippen molar-refractivity contribution in [3.8, 4) is 0 Å². The van der Waals surface area contributed by atoms with Crippen molar-refractivity contribution in [3.05, 3.63) is 29.8 Å². The number of nitrogens with one attached hydrogen (secondary N) is 1. The molecule has 0 amide bonds. The lowest BCUT2D eigenvalue weighted by Crippen LogP contribution is -2.46. The first-order chi connectivity index (χ1) is 10.9. The standard InChI is InChI=1S/C13H17F3N2O4S2/c1-23(19,20)18-8-6-10(7-9-18)17-24(21,22)12-5-3-2-4-11(12)13(14,15)16/h2-5,10,17H,6-9H2,1H3. The minimum Gasteiger partial charge on any atom is -0.213 e. The van der Waals surface area contributed by atoms with Gasteiger partial charge >= 0.3 is 6.18 Å². The summed E-state index contributed by atoms with van der Waals surface area (Å²) < 4.78 is 89.8. The lowest BCUT2D eigenvalue weighted by molar-refractivity contribution is -0.139. The van der Waals surface area contributed by atoms with Gasteiger partial charge in [-0.2, -0.15) is 13.2 Å². The Balaban J connectivity index is 2.17. The van der Waals surface area contributed by atoms with Gasteiger partial charge in [0.05, 0.1) is 16.7 Å². The van der Waals surface area contributed by atoms with E-state index in [1.807, 2.05) is 0 Å². The molecule has 0 bridgehead atoms. The molecule has 0 spiro atoms. The summed E-state index contributed by atoms with van der Waals surface area (Å²) in [6.07, 6.45) is -3.34. The van der Waals surface area contributed by atoms with Crippen LogP contribution in [0.2, 0.25) is 0 Å². The average molecular weight is 386 g/mol. The maximum absolute atomic E-state index is 13.0. The summed E-state index contributed by atoms with van der Waals surface area (Å²) in [5.74, 6) is 0. The van der Waals surface area contributed by atoms with E-state index in [1.165, 1.54) is 10.4 Å². The summed E-state index contributed by atoms with van der Waals surface area (Å²) in [6, 6.07) is 3.33. The van der Waals surface area contributed by atoms with Crippen molar-refractivity contribution < 1.29 is 30.0 Å². The predicted molar refractivity (Wildman–Crippen MR) is 81.2 cm³/mol. The Hall–Kier alpha value is -1.17. The number of rotatable bonds is 4. The van der Waals surface area contributed by atoms with E-state index >= 15 is 0 Å². The van der Waals surface area contributed by atoms with Crippen molar-refractivity contribution in [3.63, 3.8) is 0 Å². The molecule has 1 saturated heterocycles. The highest BCUT2D eigenvalue weighted by Gasteiger charge is 2.37. The molecular formula is C13H17F3N2O4S2. The van der Waals surface area contributed by atoms with Crippen LogP contribution in [0.15, 0.2) is 29.2 Å². The first-order valence-electron chi connectivity index (χ1n) is 7.05. The molecule has 0 aliphatic carbocycles. The molecule has 24 heavy (non-hydrogen) atoms. The van der Waals surface area contributed by atoms with E-state index in [9.17, 15) is 30.0 Å². The number of benzene rings is 1. The van der Waals surface area contributed by atoms with E-state index in [0.29, 0.717) is 6.07 Å². The van der Waals surface area contributed by atoms with Gasteiger partial charge in [-0.1, -0.05) is 12.1 Å². The molecule has 1 aromatic rings. The van der Waals surface area contributed by atoms with Crippen LogP contribution in [0.25, 0.3) is 0 Å². The van der Waals surface area contributed by atoms with Gasteiger partial charge in [0.25, 0.3) is 0 Å². The molecule has 1 aromatic carbocycles. The Kier molecular flexibility index (Phi) is 5.28. The lowest BCUT2D eigenvalue weighted by Gasteiger charge is -2.30. The molecule has 11 heteroatoms. The molecule has 6 nitrogen and oxygen atoms in total. The number of piperidine rings is 1. The maximum atomic E-state index is 13.0. The molecule has 1 aliphatic rings. The van der Waals surface area contributed by atoms with E-state index in [4.69, 9.17) is 0 Å². The molecule has 1 N–H and O–H groups in total. The Morgan fingerprint density at radius 1 is 1.08 bits per heavy atom. The van der Waals surface area contributed by atoms with Crippen LogP contribution >= 0.6 is 0 Å². The summed E-state index contributed by atoms with van der Waals surface area (Å²) in [7, 11) is -7.73. The smallest absolute Gasteiger partial charge is 0.213 e. The highest BCUT2D eigenvalue weighted by molar-refractivity contribution is 7.89. The molecule has 1 heterocycles. The molecule has 1 aliphatic heterocycles. The molecule has 2 rings (SSSR count). The van der Waals surface area contributed by atoms with Crippen molar-refractivity contribution in [1.29, 1.82) is 0 Å². The zero-order valence-electron chi connectivity index (χ0n) is 12.7. The van der Waals surface area contributed by atoms with Gasteiger partial charge in [-0.15, -0.1) is 0 Å². The van der Waals surface area contributed by atoms with E-state index < -0.39 is 42.7 Å². The topological polar surface area (TPSA) is 83.6 Å². The fourth-order valence-corrected chi connectivity index (χ4v) is 4.93. The number of hydrogen-bond donors (Lipinski definition) is 1.